The number of carbonyl (C=O) groups excluding carboxylic acids is 1. The van der Waals surface area contributed by atoms with Crippen molar-refractivity contribution in [2.24, 2.45) is 0 Å². The molecule has 1 rings (SSSR count). The summed E-state index contributed by atoms with van der Waals surface area (Å²) in [6.07, 6.45) is 0. The Hall–Kier alpha value is -1.51. The third-order valence-electron chi connectivity index (χ3n) is 2.23. The van der Waals surface area contributed by atoms with Gasteiger partial charge in [-0.1, -0.05) is 24.3 Å². The van der Waals surface area contributed by atoms with Crippen LogP contribution in [0.5, 0.6) is 0 Å². The average Bonchev–Trinajstić information content (AvgIpc) is 2.20. The van der Waals surface area contributed by atoms with Gasteiger partial charge >= 0.3 is 6.03 Å². The third-order valence-corrected chi connectivity index (χ3v) is 2.23. The highest BCUT2D eigenvalue weighted by Gasteiger charge is 2.07. The van der Waals surface area contributed by atoms with Gasteiger partial charge < -0.3 is 10.2 Å². The number of hydrogen-bond donors (Lipinski definition) is 1. The predicted molar refractivity (Wildman–Crippen MR) is 57.1 cm³/mol. The van der Waals surface area contributed by atoms with Crippen molar-refractivity contribution in [1.29, 1.82) is 0 Å². The van der Waals surface area contributed by atoms with Gasteiger partial charge in [-0.2, -0.15) is 0 Å². The van der Waals surface area contributed by atoms with Crippen LogP contribution in [0.3, 0.4) is 0 Å². The molecule has 0 unspecified atom stereocenters. The number of nitrogens with one attached hydrogen (secondary N) is 1. The fourth-order valence-electron chi connectivity index (χ4n) is 1.31. The summed E-state index contributed by atoms with van der Waals surface area (Å²) in [4.78, 5) is 12.9. The van der Waals surface area contributed by atoms with Crippen LogP contribution in [-0.4, -0.2) is 25.0 Å². The van der Waals surface area contributed by atoms with Gasteiger partial charge in [0.15, 0.2) is 0 Å². The van der Waals surface area contributed by atoms with Crippen molar-refractivity contribution >= 4 is 6.03 Å². The number of hydrogen-bond acceptors (Lipinski definition) is 1. The van der Waals surface area contributed by atoms with E-state index in [4.69, 9.17) is 0 Å². The molecule has 0 aliphatic rings. The molecule has 3 nitrogen and oxygen atoms in total. The quantitative estimate of drug-likeness (QED) is 0.761. The van der Waals surface area contributed by atoms with Crippen molar-refractivity contribution in [3.8, 4) is 0 Å². The number of carbonyl (C=O) groups is 1. The molecule has 0 aliphatic carbocycles. The fourth-order valence-corrected chi connectivity index (χ4v) is 1.31. The zero-order valence-corrected chi connectivity index (χ0v) is 8.87. The van der Waals surface area contributed by atoms with E-state index in [9.17, 15) is 4.79 Å². The third kappa shape index (κ3) is 2.49. The van der Waals surface area contributed by atoms with Crippen LogP contribution in [0.15, 0.2) is 24.3 Å². The topological polar surface area (TPSA) is 32.3 Å². The van der Waals surface area contributed by atoms with Crippen LogP contribution in [0.25, 0.3) is 0 Å². The summed E-state index contributed by atoms with van der Waals surface area (Å²) in [7, 11) is 3.42. The van der Waals surface area contributed by atoms with Crippen LogP contribution >= 0.6 is 0 Å². The Morgan fingerprint density at radius 3 is 2.64 bits per heavy atom. The van der Waals surface area contributed by atoms with Crippen molar-refractivity contribution in [2.45, 2.75) is 13.5 Å². The molecule has 0 spiro atoms. The van der Waals surface area contributed by atoms with Crippen LogP contribution in [0.1, 0.15) is 11.1 Å². The molecule has 0 saturated heterocycles. The van der Waals surface area contributed by atoms with Gasteiger partial charge in [0.05, 0.1) is 0 Å². The largest absolute Gasteiger partial charge is 0.341 e. The van der Waals surface area contributed by atoms with Gasteiger partial charge in [-0.05, 0) is 18.1 Å². The monoisotopic (exact) mass is 192 g/mol. The first-order valence-electron chi connectivity index (χ1n) is 4.62. The smallest absolute Gasteiger partial charge is 0.317 e. The van der Waals surface area contributed by atoms with Gasteiger partial charge in [-0.3, -0.25) is 0 Å². The summed E-state index contributed by atoms with van der Waals surface area (Å²) in [5, 5.41) is 2.59. The molecule has 0 bridgehead atoms. The first kappa shape index (κ1) is 10.6. The minimum absolute atomic E-state index is 0.0618. The molecule has 1 aromatic rings. The molecule has 0 fully saturated rings. The van der Waals surface area contributed by atoms with Crippen LogP contribution in [0.2, 0.25) is 0 Å². The maximum absolute atomic E-state index is 11.2. The molecule has 0 aliphatic heterocycles. The normalized spacial score (nSPS) is 9.64. The summed E-state index contributed by atoms with van der Waals surface area (Å²) < 4.78 is 0. The minimum atomic E-state index is -0.0618. The molecule has 0 heterocycles. The molecule has 0 saturated carbocycles. The number of aryl methyl sites for hydroxylation is 1. The van der Waals surface area contributed by atoms with E-state index in [2.05, 4.69) is 5.32 Å². The number of nitrogens with zero attached hydrogens (tertiary/aromatic N) is 1. The summed E-state index contributed by atoms with van der Waals surface area (Å²) in [6.45, 7) is 2.69. The predicted octanol–water partition coefficient (Wildman–Crippen LogP) is 1.77. The summed E-state index contributed by atoms with van der Waals surface area (Å²) in [5.41, 5.74) is 2.39. The van der Waals surface area contributed by atoms with Crippen molar-refractivity contribution < 1.29 is 4.79 Å². The Morgan fingerprint density at radius 2 is 2.07 bits per heavy atom. The summed E-state index contributed by atoms with van der Waals surface area (Å²) in [5.74, 6) is 0. The van der Waals surface area contributed by atoms with E-state index in [1.165, 1.54) is 11.1 Å². The van der Waals surface area contributed by atoms with Gasteiger partial charge in [0.1, 0.15) is 0 Å². The van der Waals surface area contributed by atoms with Crippen molar-refractivity contribution in [2.75, 3.05) is 14.1 Å². The van der Waals surface area contributed by atoms with Crippen LogP contribution in [0, 0.1) is 6.92 Å². The first-order valence-corrected chi connectivity index (χ1v) is 4.62. The van der Waals surface area contributed by atoms with Crippen LogP contribution < -0.4 is 5.32 Å². The highest BCUT2D eigenvalue weighted by atomic mass is 16.2. The molecule has 0 radical (unpaired) electrons. The van der Waals surface area contributed by atoms with Crippen LogP contribution in [-0.2, 0) is 6.54 Å². The molecule has 1 N–H and O–H groups in total. The lowest BCUT2D eigenvalue weighted by atomic mass is 10.1. The van der Waals surface area contributed by atoms with E-state index in [-0.39, 0.29) is 6.03 Å². The van der Waals surface area contributed by atoms with Gasteiger partial charge in [0, 0.05) is 20.6 Å². The average molecular weight is 192 g/mol. The standard InChI is InChI=1S/C11H16N2O/c1-9-6-4-5-7-10(9)8-13(3)11(14)12-2/h4-7H,8H2,1-3H3,(H,12,14). The Balaban J connectivity index is 2.69. The molecule has 3 heteroatoms. The zero-order valence-electron chi connectivity index (χ0n) is 8.87. The maximum atomic E-state index is 11.2. The molecular formula is C11H16N2O. The second-order valence-corrected chi connectivity index (χ2v) is 3.34. The molecule has 76 valence electrons. The van der Waals surface area contributed by atoms with E-state index in [0.29, 0.717) is 6.54 Å². The maximum Gasteiger partial charge on any atom is 0.317 e. The van der Waals surface area contributed by atoms with Gasteiger partial charge in [0.2, 0.25) is 0 Å². The Labute approximate surface area is 84.7 Å². The van der Waals surface area contributed by atoms with Gasteiger partial charge in [-0.15, -0.1) is 0 Å². The molecule has 14 heavy (non-hydrogen) atoms. The number of rotatable bonds is 2. The molecule has 2 amide bonds. The lowest BCUT2D eigenvalue weighted by molar-refractivity contribution is 0.209. The molecular weight excluding hydrogens is 176 g/mol. The number of amides is 2. The Morgan fingerprint density at radius 1 is 1.43 bits per heavy atom. The second kappa shape index (κ2) is 4.65. The lowest BCUT2D eigenvalue weighted by Gasteiger charge is -2.17. The highest BCUT2D eigenvalue weighted by Crippen LogP contribution is 2.09. The highest BCUT2D eigenvalue weighted by molar-refractivity contribution is 5.73. The molecule has 0 atom stereocenters. The summed E-state index contributed by atoms with van der Waals surface area (Å²) in [6, 6.07) is 8.01. The van der Waals surface area contributed by atoms with Crippen molar-refractivity contribution in [3.05, 3.63) is 35.4 Å². The first-order chi connectivity index (χ1) is 6.65. The number of urea groups is 1. The number of benzene rings is 1. The van der Waals surface area contributed by atoms with E-state index >= 15 is 0 Å². The van der Waals surface area contributed by atoms with E-state index in [0.717, 1.165) is 0 Å². The van der Waals surface area contributed by atoms with Crippen LogP contribution in [0.4, 0.5) is 4.79 Å². The minimum Gasteiger partial charge on any atom is -0.341 e. The van der Waals surface area contributed by atoms with E-state index in [1.54, 1.807) is 19.0 Å². The second-order valence-electron chi connectivity index (χ2n) is 3.34. The zero-order chi connectivity index (χ0) is 10.6. The van der Waals surface area contributed by atoms with E-state index < -0.39 is 0 Å². The Kier molecular flexibility index (Phi) is 3.51. The van der Waals surface area contributed by atoms with Crippen molar-refractivity contribution in [3.63, 3.8) is 0 Å². The fraction of sp³-hybridized carbons (Fsp3) is 0.364. The summed E-state index contributed by atoms with van der Waals surface area (Å²) >= 11 is 0. The van der Waals surface area contributed by atoms with Gasteiger partial charge in [-0.25, -0.2) is 4.79 Å². The molecule has 0 aromatic heterocycles. The SMILES string of the molecule is CNC(=O)N(C)Cc1ccccc1C. The van der Waals surface area contributed by atoms with E-state index in [1.807, 2.05) is 31.2 Å². The lowest BCUT2D eigenvalue weighted by Crippen LogP contribution is -2.34. The molecule has 1 aromatic carbocycles. The van der Waals surface area contributed by atoms with Crippen molar-refractivity contribution in [1.82, 2.24) is 10.2 Å². The van der Waals surface area contributed by atoms with Gasteiger partial charge in [0.25, 0.3) is 0 Å². The Bertz CT molecular complexity index is 323.